The number of hydrogen-bond acceptors (Lipinski definition) is 2. The van der Waals surface area contributed by atoms with Gasteiger partial charge in [-0.2, -0.15) is 0 Å². The Morgan fingerprint density at radius 3 is 2.47 bits per heavy atom. The van der Waals surface area contributed by atoms with E-state index in [9.17, 15) is 0 Å². The maximum absolute atomic E-state index is 6.22. The number of benzene rings is 2. The van der Waals surface area contributed by atoms with E-state index in [0.717, 1.165) is 31.8 Å². The Balaban J connectivity index is 2.08. The number of hydrogen-bond donors (Lipinski definition) is 1. The molecule has 0 amide bonds. The van der Waals surface area contributed by atoms with Gasteiger partial charge in [-0.3, -0.25) is 0 Å². The van der Waals surface area contributed by atoms with Crippen LogP contribution in [0.5, 0.6) is 0 Å². The van der Waals surface area contributed by atoms with E-state index < -0.39 is 0 Å². The third-order valence-corrected chi connectivity index (χ3v) is 4.55. The van der Waals surface area contributed by atoms with Crippen molar-refractivity contribution in [1.29, 1.82) is 0 Å². The van der Waals surface area contributed by atoms with Gasteiger partial charge in [0.1, 0.15) is 0 Å². The second kappa shape index (κ2) is 6.67. The van der Waals surface area contributed by atoms with Crippen molar-refractivity contribution in [2.24, 2.45) is 5.73 Å². The van der Waals surface area contributed by atoms with Gasteiger partial charge >= 0.3 is 0 Å². The molecule has 0 bridgehead atoms. The van der Waals surface area contributed by atoms with Crippen molar-refractivity contribution in [3.05, 3.63) is 63.6 Å². The molecule has 4 heteroatoms. The van der Waals surface area contributed by atoms with Crippen molar-refractivity contribution < 1.29 is 0 Å². The normalized spacial score (nSPS) is 12.4. The molecule has 0 aromatic heterocycles. The smallest absolute Gasteiger partial charge is 0.0464 e. The van der Waals surface area contributed by atoms with Crippen molar-refractivity contribution >= 4 is 35.0 Å². The lowest BCUT2D eigenvalue weighted by molar-refractivity contribution is 0.817. The molecule has 100 valence electrons. The van der Waals surface area contributed by atoms with Crippen molar-refractivity contribution in [3.8, 4) is 0 Å². The first-order valence-electron chi connectivity index (χ1n) is 5.99. The Morgan fingerprint density at radius 1 is 1.11 bits per heavy atom. The highest BCUT2D eigenvalue weighted by molar-refractivity contribution is 7.98. The van der Waals surface area contributed by atoms with E-state index in [1.54, 1.807) is 11.8 Å². The molecule has 1 nitrogen and oxygen atoms in total. The van der Waals surface area contributed by atoms with Gasteiger partial charge in [0.25, 0.3) is 0 Å². The molecule has 19 heavy (non-hydrogen) atoms. The van der Waals surface area contributed by atoms with Gasteiger partial charge in [-0.15, -0.1) is 11.8 Å². The molecule has 1 atom stereocenters. The van der Waals surface area contributed by atoms with Crippen LogP contribution in [0.4, 0.5) is 0 Å². The fourth-order valence-corrected chi connectivity index (χ4v) is 3.38. The van der Waals surface area contributed by atoms with E-state index in [4.69, 9.17) is 28.9 Å². The quantitative estimate of drug-likeness (QED) is 0.775. The predicted molar refractivity (Wildman–Crippen MR) is 85.1 cm³/mol. The third-order valence-electron chi connectivity index (χ3n) is 2.81. The Labute approximate surface area is 128 Å². The molecule has 0 saturated carbocycles. The summed E-state index contributed by atoms with van der Waals surface area (Å²) in [5, 5.41) is 1.52. The van der Waals surface area contributed by atoms with E-state index in [0.29, 0.717) is 0 Å². The molecule has 2 aromatic rings. The summed E-state index contributed by atoms with van der Waals surface area (Å²) in [4.78, 5) is 1.12. The molecular formula is C15H15Cl2NS. The standard InChI is InChI=1S/C15H15Cl2NS/c1-10(18)13-7-6-12(8-15(13)17)19-9-11-4-2-3-5-14(11)16/h2-8,10H,9,18H2,1H3. The molecule has 0 spiro atoms. The first-order chi connectivity index (χ1) is 9.08. The summed E-state index contributed by atoms with van der Waals surface area (Å²) in [6, 6.07) is 13.8. The van der Waals surface area contributed by atoms with Crippen molar-refractivity contribution in [2.45, 2.75) is 23.6 Å². The van der Waals surface area contributed by atoms with Crippen molar-refractivity contribution in [2.75, 3.05) is 0 Å². The van der Waals surface area contributed by atoms with Gasteiger partial charge in [0.05, 0.1) is 0 Å². The SMILES string of the molecule is CC(N)c1ccc(SCc2ccccc2Cl)cc1Cl. The fraction of sp³-hybridized carbons (Fsp3) is 0.200. The van der Waals surface area contributed by atoms with Crippen LogP contribution in [0.3, 0.4) is 0 Å². The van der Waals surface area contributed by atoms with Crippen LogP contribution in [0.1, 0.15) is 24.1 Å². The average molecular weight is 312 g/mol. The van der Waals surface area contributed by atoms with Crippen LogP contribution in [0.25, 0.3) is 0 Å². The lowest BCUT2D eigenvalue weighted by Gasteiger charge is -2.10. The number of nitrogens with two attached hydrogens (primary N) is 1. The second-order valence-electron chi connectivity index (χ2n) is 4.35. The predicted octanol–water partition coefficient (Wildman–Crippen LogP) is 5.31. The van der Waals surface area contributed by atoms with Crippen LogP contribution >= 0.6 is 35.0 Å². The summed E-state index contributed by atoms with van der Waals surface area (Å²) in [5.74, 6) is 0.827. The highest BCUT2D eigenvalue weighted by Crippen LogP contribution is 2.31. The molecule has 2 N–H and O–H groups in total. The Morgan fingerprint density at radius 2 is 1.84 bits per heavy atom. The van der Waals surface area contributed by atoms with Gasteiger partial charge in [-0.05, 0) is 36.2 Å². The largest absolute Gasteiger partial charge is 0.324 e. The zero-order chi connectivity index (χ0) is 13.8. The first-order valence-corrected chi connectivity index (χ1v) is 7.73. The third kappa shape index (κ3) is 3.90. The minimum atomic E-state index is -0.0462. The maximum atomic E-state index is 6.22. The molecular weight excluding hydrogens is 297 g/mol. The summed E-state index contributed by atoms with van der Waals surface area (Å²) in [5.41, 5.74) is 7.94. The maximum Gasteiger partial charge on any atom is 0.0464 e. The Bertz CT molecular complexity index is 570. The van der Waals surface area contributed by atoms with E-state index in [1.807, 2.05) is 49.4 Å². The highest BCUT2D eigenvalue weighted by Gasteiger charge is 2.07. The van der Waals surface area contributed by atoms with E-state index in [1.165, 1.54) is 0 Å². The van der Waals surface area contributed by atoms with Gasteiger partial charge < -0.3 is 5.73 Å². The summed E-state index contributed by atoms with van der Waals surface area (Å²) in [7, 11) is 0. The van der Waals surface area contributed by atoms with Crippen LogP contribution in [-0.2, 0) is 5.75 Å². The van der Waals surface area contributed by atoms with Gasteiger partial charge in [-0.25, -0.2) is 0 Å². The van der Waals surface area contributed by atoms with E-state index in [-0.39, 0.29) is 6.04 Å². The van der Waals surface area contributed by atoms with Crippen LogP contribution in [-0.4, -0.2) is 0 Å². The molecule has 0 fully saturated rings. The number of halogens is 2. The molecule has 0 aliphatic carbocycles. The molecule has 0 heterocycles. The minimum Gasteiger partial charge on any atom is -0.324 e. The summed E-state index contributed by atoms with van der Waals surface area (Å²) >= 11 is 14.1. The molecule has 0 aliphatic heterocycles. The van der Waals surface area contributed by atoms with Crippen LogP contribution < -0.4 is 5.73 Å². The Kier molecular flexibility index (Phi) is 5.17. The van der Waals surface area contributed by atoms with Crippen LogP contribution in [0, 0.1) is 0 Å². The highest BCUT2D eigenvalue weighted by atomic mass is 35.5. The lowest BCUT2D eigenvalue weighted by Crippen LogP contribution is -2.05. The summed E-state index contributed by atoms with van der Waals surface area (Å²) < 4.78 is 0. The molecule has 1 unspecified atom stereocenters. The molecule has 0 saturated heterocycles. The number of thioether (sulfide) groups is 1. The lowest BCUT2D eigenvalue weighted by atomic mass is 10.1. The first kappa shape index (κ1) is 14.7. The van der Waals surface area contributed by atoms with Gasteiger partial charge in [-0.1, -0.05) is 47.5 Å². The zero-order valence-electron chi connectivity index (χ0n) is 10.6. The van der Waals surface area contributed by atoms with E-state index >= 15 is 0 Å². The van der Waals surface area contributed by atoms with Gasteiger partial charge in [0.15, 0.2) is 0 Å². The van der Waals surface area contributed by atoms with Crippen LogP contribution in [0.2, 0.25) is 10.0 Å². The van der Waals surface area contributed by atoms with Gasteiger partial charge in [0, 0.05) is 26.7 Å². The van der Waals surface area contributed by atoms with Crippen molar-refractivity contribution in [1.82, 2.24) is 0 Å². The summed E-state index contributed by atoms with van der Waals surface area (Å²) in [6.07, 6.45) is 0. The average Bonchev–Trinajstić information content (AvgIpc) is 2.37. The zero-order valence-corrected chi connectivity index (χ0v) is 12.9. The minimum absolute atomic E-state index is 0.0462. The number of rotatable bonds is 4. The molecule has 0 aliphatic rings. The van der Waals surface area contributed by atoms with Crippen molar-refractivity contribution in [3.63, 3.8) is 0 Å². The molecule has 2 rings (SSSR count). The molecule has 0 radical (unpaired) electrons. The summed E-state index contributed by atoms with van der Waals surface area (Å²) in [6.45, 7) is 1.93. The topological polar surface area (TPSA) is 26.0 Å². The van der Waals surface area contributed by atoms with Gasteiger partial charge in [0.2, 0.25) is 0 Å². The second-order valence-corrected chi connectivity index (χ2v) is 6.22. The van der Waals surface area contributed by atoms with Crippen LogP contribution in [0.15, 0.2) is 47.4 Å². The fourth-order valence-electron chi connectivity index (χ4n) is 1.74. The van der Waals surface area contributed by atoms with E-state index in [2.05, 4.69) is 0 Å². The Hall–Kier alpha value is -0.670. The molecule has 2 aromatic carbocycles. The monoisotopic (exact) mass is 311 g/mol.